The zero-order chi connectivity index (χ0) is 23.5. The molecule has 2 amide bonds. The minimum absolute atomic E-state index is 0.184. The van der Waals surface area contributed by atoms with E-state index in [9.17, 15) is 9.59 Å². The SMILES string of the molecule is COc1ccc(N(C(C)=O)c2nc(/C=C3\NC(=S)N(Cc4ccccc4Cl)C3=O)cs2)cc1. The van der Waals surface area contributed by atoms with E-state index in [4.69, 9.17) is 28.6 Å². The van der Waals surface area contributed by atoms with E-state index in [0.29, 0.717) is 38.1 Å². The van der Waals surface area contributed by atoms with Crippen LogP contribution in [0.15, 0.2) is 59.6 Å². The Balaban J connectivity index is 1.56. The molecule has 0 aliphatic carbocycles. The number of rotatable bonds is 6. The van der Waals surface area contributed by atoms with Crippen molar-refractivity contribution in [1.82, 2.24) is 15.2 Å². The van der Waals surface area contributed by atoms with Crippen molar-refractivity contribution < 1.29 is 14.3 Å². The van der Waals surface area contributed by atoms with Gasteiger partial charge in [0.15, 0.2) is 10.2 Å². The quantitative estimate of drug-likeness (QED) is 0.390. The largest absolute Gasteiger partial charge is 0.497 e. The Morgan fingerprint density at radius 3 is 2.67 bits per heavy atom. The number of thiazole rings is 1. The number of nitrogens with zero attached hydrogens (tertiary/aromatic N) is 3. The van der Waals surface area contributed by atoms with Gasteiger partial charge >= 0.3 is 0 Å². The van der Waals surface area contributed by atoms with Gasteiger partial charge in [0, 0.05) is 17.3 Å². The van der Waals surface area contributed by atoms with Crippen LogP contribution in [-0.2, 0) is 16.1 Å². The molecule has 1 aliphatic heterocycles. The molecule has 1 fully saturated rings. The summed E-state index contributed by atoms with van der Waals surface area (Å²) in [5.41, 5.74) is 2.31. The first kappa shape index (κ1) is 22.9. The third-order valence-electron chi connectivity index (χ3n) is 4.89. The Labute approximate surface area is 205 Å². The molecular formula is C23H19ClN4O3S2. The zero-order valence-corrected chi connectivity index (χ0v) is 20.1. The van der Waals surface area contributed by atoms with Crippen molar-refractivity contribution in [3.8, 4) is 5.75 Å². The van der Waals surface area contributed by atoms with E-state index in [-0.39, 0.29) is 18.4 Å². The first-order valence-electron chi connectivity index (χ1n) is 9.85. The molecule has 0 unspecified atom stereocenters. The second kappa shape index (κ2) is 9.70. The van der Waals surface area contributed by atoms with Gasteiger partial charge in [0.2, 0.25) is 5.91 Å². The van der Waals surface area contributed by atoms with Crippen molar-refractivity contribution >= 4 is 69.0 Å². The monoisotopic (exact) mass is 498 g/mol. The van der Waals surface area contributed by atoms with E-state index in [1.54, 1.807) is 48.9 Å². The summed E-state index contributed by atoms with van der Waals surface area (Å²) >= 11 is 12.9. The number of benzene rings is 2. The maximum Gasteiger partial charge on any atom is 0.276 e. The van der Waals surface area contributed by atoms with Crippen LogP contribution in [0.25, 0.3) is 6.08 Å². The molecule has 1 saturated heterocycles. The molecule has 0 bridgehead atoms. The number of ether oxygens (including phenoxy) is 1. The number of aromatic nitrogens is 1. The number of halogens is 1. The lowest BCUT2D eigenvalue weighted by Gasteiger charge is -2.18. The summed E-state index contributed by atoms with van der Waals surface area (Å²) in [6.07, 6.45) is 1.62. The van der Waals surface area contributed by atoms with E-state index >= 15 is 0 Å². The molecule has 7 nitrogen and oxygen atoms in total. The fourth-order valence-electron chi connectivity index (χ4n) is 3.26. The number of anilines is 2. The minimum Gasteiger partial charge on any atom is -0.497 e. The molecule has 168 valence electrons. The second-order valence-electron chi connectivity index (χ2n) is 7.08. The van der Waals surface area contributed by atoms with E-state index in [1.807, 2.05) is 18.2 Å². The lowest BCUT2D eigenvalue weighted by molar-refractivity contribution is -0.122. The third kappa shape index (κ3) is 4.90. The van der Waals surface area contributed by atoms with E-state index in [0.717, 1.165) is 5.56 Å². The average Bonchev–Trinajstić information content (AvgIpc) is 3.35. The smallest absolute Gasteiger partial charge is 0.276 e. The predicted octanol–water partition coefficient (Wildman–Crippen LogP) is 4.75. The average molecular weight is 499 g/mol. The highest BCUT2D eigenvalue weighted by Crippen LogP contribution is 2.31. The van der Waals surface area contributed by atoms with Gasteiger partial charge in [-0.25, -0.2) is 4.98 Å². The molecule has 0 atom stereocenters. The maximum atomic E-state index is 12.9. The van der Waals surface area contributed by atoms with Crippen molar-refractivity contribution in [3.05, 3.63) is 75.9 Å². The first-order valence-corrected chi connectivity index (χ1v) is 11.5. The van der Waals surface area contributed by atoms with Gasteiger partial charge in [0.05, 0.1) is 25.0 Å². The van der Waals surface area contributed by atoms with Crippen molar-refractivity contribution in [2.45, 2.75) is 13.5 Å². The lowest BCUT2D eigenvalue weighted by Crippen LogP contribution is -2.30. The Morgan fingerprint density at radius 2 is 2.00 bits per heavy atom. The number of thiocarbonyl (C=S) groups is 1. The van der Waals surface area contributed by atoms with Crippen molar-refractivity contribution in [1.29, 1.82) is 0 Å². The highest BCUT2D eigenvalue weighted by Gasteiger charge is 2.31. The van der Waals surface area contributed by atoms with Crippen LogP contribution >= 0.6 is 35.2 Å². The van der Waals surface area contributed by atoms with Gasteiger partial charge in [-0.05, 0) is 54.2 Å². The highest BCUT2D eigenvalue weighted by atomic mass is 35.5. The summed E-state index contributed by atoms with van der Waals surface area (Å²) in [5, 5.41) is 6.07. The molecule has 2 heterocycles. The Bertz CT molecular complexity index is 1260. The minimum atomic E-state index is -0.270. The van der Waals surface area contributed by atoms with Gasteiger partial charge in [-0.1, -0.05) is 29.8 Å². The van der Waals surface area contributed by atoms with Crippen LogP contribution in [0.5, 0.6) is 5.75 Å². The number of hydrogen-bond donors (Lipinski definition) is 1. The number of carbonyl (C=O) groups is 2. The summed E-state index contributed by atoms with van der Waals surface area (Å²) in [7, 11) is 1.58. The number of amides is 2. The highest BCUT2D eigenvalue weighted by molar-refractivity contribution is 7.80. The molecule has 1 N–H and O–H groups in total. The Hall–Kier alpha value is -3.27. The molecule has 1 aromatic heterocycles. The number of hydrogen-bond acceptors (Lipinski definition) is 6. The number of carbonyl (C=O) groups excluding carboxylic acids is 2. The standard InChI is InChI=1S/C23H19ClN4O3S2/c1-14(29)28(17-7-9-18(31-2)10-8-17)23-25-16(13-33-23)11-20-21(30)27(22(32)26-20)12-15-5-3-4-6-19(15)24/h3-11,13H,12H2,1-2H3,(H,26,32)/b20-11-. The van der Waals surface area contributed by atoms with Gasteiger partial charge in [0.25, 0.3) is 5.91 Å². The normalized spacial score (nSPS) is 14.5. The lowest BCUT2D eigenvalue weighted by atomic mass is 10.2. The zero-order valence-electron chi connectivity index (χ0n) is 17.7. The summed E-state index contributed by atoms with van der Waals surface area (Å²) < 4.78 is 5.18. The third-order valence-corrected chi connectivity index (χ3v) is 6.42. The molecule has 2 aromatic carbocycles. The predicted molar refractivity (Wildman–Crippen MR) is 134 cm³/mol. The number of methoxy groups -OCH3 is 1. The Morgan fingerprint density at radius 1 is 1.27 bits per heavy atom. The van der Waals surface area contributed by atoms with Crippen LogP contribution in [0.1, 0.15) is 18.2 Å². The van der Waals surface area contributed by atoms with Gasteiger partial charge in [0.1, 0.15) is 11.4 Å². The second-order valence-corrected chi connectivity index (χ2v) is 8.71. The van der Waals surface area contributed by atoms with Gasteiger partial charge in [-0.3, -0.25) is 19.4 Å². The van der Waals surface area contributed by atoms with Crippen LogP contribution in [0.2, 0.25) is 5.02 Å². The van der Waals surface area contributed by atoms with Gasteiger partial charge in [-0.2, -0.15) is 0 Å². The van der Waals surface area contributed by atoms with E-state index in [2.05, 4.69) is 10.3 Å². The molecule has 0 saturated carbocycles. The van der Waals surface area contributed by atoms with Crippen LogP contribution < -0.4 is 15.0 Å². The molecule has 10 heteroatoms. The molecule has 0 spiro atoms. The molecule has 3 aromatic rings. The molecule has 1 aliphatic rings. The van der Waals surface area contributed by atoms with Crippen molar-refractivity contribution in [2.75, 3.05) is 12.0 Å². The molecule has 33 heavy (non-hydrogen) atoms. The van der Waals surface area contributed by atoms with Crippen molar-refractivity contribution in [2.24, 2.45) is 0 Å². The van der Waals surface area contributed by atoms with Gasteiger partial charge in [-0.15, -0.1) is 11.3 Å². The fraction of sp³-hybridized carbons (Fsp3) is 0.130. The maximum absolute atomic E-state index is 12.9. The topological polar surface area (TPSA) is 74.8 Å². The summed E-state index contributed by atoms with van der Waals surface area (Å²) in [6, 6.07) is 14.4. The first-order chi connectivity index (χ1) is 15.9. The summed E-state index contributed by atoms with van der Waals surface area (Å²) in [5.74, 6) is 0.235. The van der Waals surface area contributed by atoms with Crippen LogP contribution in [0.4, 0.5) is 10.8 Å². The van der Waals surface area contributed by atoms with Crippen LogP contribution in [0, 0.1) is 0 Å². The molecule has 4 rings (SSSR count). The van der Waals surface area contributed by atoms with Gasteiger partial charge < -0.3 is 10.1 Å². The van der Waals surface area contributed by atoms with Crippen molar-refractivity contribution in [3.63, 3.8) is 0 Å². The summed E-state index contributed by atoms with van der Waals surface area (Å²) in [4.78, 5) is 32.8. The van der Waals surface area contributed by atoms with E-state index in [1.165, 1.54) is 28.1 Å². The summed E-state index contributed by atoms with van der Waals surface area (Å²) in [6.45, 7) is 1.73. The Kier molecular flexibility index (Phi) is 6.73. The van der Waals surface area contributed by atoms with Crippen LogP contribution in [-0.4, -0.2) is 33.9 Å². The van der Waals surface area contributed by atoms with E-state index < -0.39 is 0 Å². The van der Waals surface area contributed by atoms with Crippen LogP contribution in [0.3, 0.4) is 0 Å². The fourth-order valence-corrected chi connectivity index (χ4v) is 4.56. The molecule has 0 radical (unpaired) electrons. The molecular weight excluding hydrogens is 480 g/mol. The number of nitrogens with one attached hydrogen (secondary N) is 1.